The number of hydrogen-bond acceptors (Lipinski definition) is 2. The molecular formula is C16H14ClFO3. The molecule has 0 aliphatic carbocycles. The third-order valence-corrected chi connectivity index (χ3v) is 3.39. The summed E-state index contributed by atoms with van der Waals surface area (Å²) in [5.41, 5.74) is 1.26. The molecule has 0 aliphatic heterocycles. The van der Waals surface area contributed by atoms with Crippen LogP contribution >= 0.6 is 11.6 Å². The van der Waals surface area contributed by atoms with Crippen molar-refractivity contribution in [2.24, 2.45) is 0 Å². The Balaban J connectivity index is 2.07. The van der Waals surface area contributed by atoms with Gasteiger partial charge in [-0.15, -0.1) is 0 Å². The highest BCUT2D eigenvalue weighted by molar-refractivity contribution is 6.30. The first kappa shape index (κ1) is 15.3. The van der Waals surface area contributed by atoms with Crippen LogP contribution in [0.2, 0.25) is 5.02 Å². The maximum absolute atomic E-state index is 13.9. The molecule has 1 N–H and O–H groups in total. The van der Waals surface area contributed by atoms with E-state index in [0.717, 1.165) is 5.56 Å². The minimum absolute atomic E-state index is 0.0892. The van der Waals surface area contributed by atoms with E-state index >= 15 is 0 Å². The molecule has 2 rings (SSSR count). The van der Waals surface area contributed by atoms with Crippen LogP contribution in [0, 0.1) is 5.82 Å². The summed E-state index contributed by atoms with van der Waals surface area (Å²) in [5.74, 6) is -2.24. The number of carbonyl (C=O) groups is 1. The lowest BCUT2D eigenvalue weighted by Gasteiger charge is -2.11. The number of rotatable bonds is 5. The van der Waals surface area contributed by atoms with Crippen molar-refractivity contribution in [3.8, 4) is 5.75 Å². The predicted octanol–water partition coefficient (Wildman–Crippen LogP) is 4.25. The van der Waals surface area contributed by atoms with Gasteiger partial charge in [-0.1, -0.05) is 29.8 Å². The van der Waals surface area contributed by atoms with Gasteiger partial charge in [0, 0.05) is 5.02 Å². The number of benzene rings is 2. The van der Waals surface area contributed by atoms with Crippen molar-refractivity contribution in [2.45, 2.75) is 19.4 Å². The van der Waals surface area contributed by atoms with E-state index in [1.165, 1.54) is 19.1 Å². The monoisotopic (exact) mass is 308 g/mol. The average molecular weight is 309 g/mol. The van der Waals surface area contributed by atoms with Gasteiger partial charge in [0.2, 0.25) is 0 Å². The highest BCUT2D eigenvalue weighted by Crippen LogP contribution is 2.24. The number of carboxylic acids is 1. The molecule has 1 atom stereocenters. The van der Waals surface area contributed by atoms with Crippen LogP contribution in [0.5, 0.6) is 5.75 Å². The standard InChI is InChI=1S/C16H14ClFO3/c1-10(16(19)20)12-4-7-15(14(18)8-12)21-9-11-2-5-13(17)6-3-11/h2-8,10H,9H2,1H3,(H,19,20)/t10-/m0/s1. The molecule has 0 aliphatic rings. The molecule has 21 heavy (non-hydrogen) atoms. The molecule has 0 saturated carbocycles. The SMILES string of the molecule is C[C@H](C(=O)O)c1ccc(OCc2ccc(Cl)cc2)c(F)c1. The van der Waals surface area contributed by atoms with Gasteiger partial charge < -0.3 is 9.84 Å². The second kappa shape index (κ2) is 6.59. The zero-order chi connectivity index (χ0) is 15.4. The molecule has 0 aromatic heterocycles. The Morgan fingerprint density at radius 3 is 2.52 bits per heavy atom. The number of halogens is 2. The molecular weight excluding hydrogens is 295 g/mol. The molecule has 0 amide bonds. The number of carboxylic acid groups (broad SMARTS) is 1. The number of ether oxygens (including phenoxy) is 1. The van der Waals surface area contributed by atoms with E-state index in [2.05, 4.69) is 0 Å². The zero-order valence-electron chi connectivity index (χ0n) is 11.3. The van der Waals surface area contributed by atoms with Crippen molar-refractivity contribution in [1.29, 1.82) is 0 Å². The van der Waals surface area contributed by atoms with Gasteiger partial charge in [-0.2, -0.15) is 0 Å². The summed E-state index contributed by atoms with van der Waals surface area (Å²) in [5, 5.41) is 9.53. The Morgan fingerprint density at radius 2 is 1.95 bits per heavy atom. The maximum Gasteiger partial charge on any atom is 0.310 e. The summed E-state index contributed by atoms with van der Waals surface area (Å²) in [7, 11) is 0. The molecule has 3 nitrogen and oxygen atoms in total. The Morgan fingerprint density at radius 1 is 1.29 bits per heavy atom. The van der Waals surface area contributed by atoms with Crippen molar-refractivity contribution in [3.63, 3.8) is 0 Å². The van der Waals surface area contributed by atoms with Crippen molar-refractivity contribution < 1.29 is 19.0 Å². The Kier molecular flexibility index (Phi) is 4.81. The van der Waals surface area contributed by atoms with Crippen LogP contribution in [-0.4, -0.2) is 11.1 Å². The summed E-state index contributed by atoms with van der Waals surface area (Å²) in [6.45, 7) is 1.72. The molecule has 0 bridgehead atoms. The minimum Gasteiger partial charge on any atom is -0.486 e. The van der Waals surface area contributed by atoms with Crippen LogP contribution in [0.3, 0.4) is 0 Å². The first-order chi connectivity index (χ1) is 9.97. The molecule has 5 heteroatoms. The van der Waals surface area contributed by atoms with E-state index in [1.54, 1.807) is 30.3 Å². The van der Waals surface area contributed by atoms with Crippen LogP contribution in [0.15, 0.2) is 42.5 Å². The van der Waals surface area contributed by atoms with Gasteiger partial charge in [0.25, 0.3) is 0 Å². The van der Waals surface area contributed by atoms with Gasteiger partial charge >= 0.3 is 5.97 Å². The average Bonchev–Trinajstić information content (AvgIpc) is 2.46. The zero-order valence-corrected chi connectivity index (χ0v) is 12.1. The van der Waals surface area contributed by atoms with Gasteiger partial charge in [-0.05, 0) is 42.3 Å². The summed E-state index contributed by atoms with van der Waals surface area (Å²) in [6, 6.07) is 11.2. The summed E-state index contributed by atoms with van der Waals surface area (Å²) in [6.07, 6.45) is 0. The predicted molar refractivity (Wildman–Crippen MR) is 78.2 cm³/mol. The third-order valence-electron chi connectivity index (χ3n) is 3.13. The smallest absolute Gasteiger partial charge is 0.310 e. The quantitative estimate of drug-likeness (QED) is 0.898. The Labute approximate surface area is 126 Å². The molecule has 0 spiro atoms. The van der Waals surface area contributed by atoms with E-state index in [1.807, 2.05) is 0 Å². The molecule has 0 unspecified atom stereocenters. The topological polar surface area (TPSA) is 46.5 Å². The van der Waals surface area contributed by atoms with Crippen LogP contribution in [0.1, 0.15) is 24.0 Å². The summed E-state index contributed by atoms with van der Waals surface area (Å²) >= 11 is 5.78. The lowest BCUT2D eigenvalue weighted by Crippen LogP contribution is -2.08. The largest absolute Gasteiger partial charge is 0.486 e. The summed E-state index contributed by atoms with van der Waals surface area (Å²) in [4.78, 5) is 10.9. The minimum atomic E-state index is -0.996. The van der Waals surface area contributed by atoms with Gasteiger partial charge in [-0.3, -0.25) is 4.79 Å². The van der Waals surface area contributed by atoms with Crippen LogP contribution < -0.4 is 4.74 Å². The van der Waals surface area contributed by atoms with Crippen molar-refractivity contribution in [1.82, 2.24) is 0 Å². The highest BCUT2D eigenvalue weighted by atomic mass is 35.5. The van der Waals surface area contributed by atoms with E-state index < -0.39 is 17.7 Å². The Bertz CT molecular complexity index is 640. The van der Waals surface area contributed by atoms with Gasteiger partial charge in [0.1, 0.15) is 6.61 Å². The molecule has 110 valence electrons. The maximum atomic E-state index is 13.9. The van der Waals surface area contributed by atoms with Gasteiger partial charge in [0.05, 0.1) is 5.92 Å². The van der Waals surface area contributed by atoms with Crippen LogP contribution in [0.4, 0.5) is 4.39 Å². The first-order valence-electron chi connectivity index (χ1n) is 6.37. The fraction of sp³-hybridized carbons (Fsp3) is 0.188. The fourth-order valence-corrected chi connectivity index (χ4v) is 1.91. The highest BCUT2D eigenvalue weighted by Gasteiger charge is 2.15. The van der Waals surface area contributed by atoms with E-state index in [4.69, 9.17) is 21.4 Å². The van der Waals surface area contributed by atoms with Gasteiger partial charge in [0.15, 0.2) is 11.6 Å². The second-order valence-electron chi connectivity index (χ2n) is 4.66. The van der Waals surface area contributed by atoms with E-state index in [9.17, 15) is 9.18 Å². The van der Waals surface area contributed by atoms with Crippen LogP contribution in [0.25, 0.3) is 0 Å². The molecule has 2 aromatic carbocycles. The van der Waals surface area contributed by atoms with Crippen LogP contribution in [-0.2, 0) is 11.4 Å². The molecule has 0 heterocycles. The second-order valence-corrected chi connectivity index (χ2v) is 5.10. The number of aliphatic carboxylic acids is 1. The van der Waals surface area contributed by atoms with E-state index in [-0.39, 0.29) is 12.4 Å². The summed E-state index contributed by atoms with van der Waals surface area (Å²) < 4.78 is 19.3. The van der Waals surface area contributed by atoms with Crippen molar-refractivity contribution >= 4 is 17.6 Å². The van der Waals surface area contributed by atoms with Crippen molar-refractivity contribution in [3.05, 3.63) is 64.4 Å². The van der Waals surface area contributed by atoms with Crippen molar-refractivity contribution in [2.75, 3.05) is 0 Å². The lowest BCUT2D eigenvalue weighted by atomic mass is 10.0. The molecule has 0 saturated heterocycles. The van der Waals surface area contributed by atoms with E-state index in [0.29, 0.717) is 10.6 Å². The normalized spacial score (nSPS) is 12.0. The third kappa shape index (κ3) is 3.95. The molecule has 0 fully saturated rings. The molecule has 0 radical (unpaired) electrons. The number of hydrogen-bond donors (Lipinski definition) is 1. The molecule has 2 aromatic rings. The Hall–Kier alpha value is -2.07. The lowest BCUT2D eigenvalue weighted by molar-refractivity contribution is -0.138. The van der Waals surface area contributed by atoms with Gasteiger partial charge in [-0.25, -0.2) is 4.39 Å². The fourth-order valence-electron chi connectivity index (χ4n) is 1.79. The first-order valence-corrected chi connectivity index (χ1v) is 6.74.